The fraction of sp³-hybridized carbons (Fsp3) is 0.714. The van der Waals surface area contributed by atoms with Crippen LogP contribution in [-0.4, -0.2) is 70.5 Å². The van der Waals surface area contributed by atoms with E-state index in [1.807, 2.05) is 0 Å². The third kappa shape index (κ3) is 3.11. The van der Waals surface area contributed by atoms with Crippen LogP contribution in [0, 0.1) is 0 Å². The highest BCUT2D eigenvalue weighted by atomic mass is 16.5. The van der Waals surface area contributed by atoms with Crippen LogP contribution in [0.15, 0.2) is 4.99 Å². The van der Waals surface area contributed by atoms with E-state index in [-0.39, 0.29) is 6.54 Å². The molecule has 0 bridgehead atoms. The first-order valence-electron chi connectivity index (χ1n) is 7.36. The van der Waals surface area contributed by atoms with Gasteiger partial charge in [0.1, 0.15) is 12.8 Å². The Morgan fingerprint density at radius 2 is 2.05 bits per heavy atom. The lowest BCUT2D eigenvalue weighted by Gasteiger charge is -2.42. The molecule has 8 nitrogen and oxygen atoms in total. The van der Waals surface area contributed by atoms with E-state index >= 15 is 0 Å². The van der Waals surface area contributed by atoms with Crippen molar-refractivity contribution in [3.8, 4) is 0 Å². The van der Waals surface area contributed by atoms with Crippen LogP contribution < -0.4 is 0 Å². The molecule has 0 spiro atoms. The van der Waals surface area contributed by atoms with Gasteiger partial charge >= 0.3 is 11.9 Å². The third-order valence-electron chi connectivity index (χ3n) is 4.23. The second-order valence-corrected chi connectivity index (χ2v) is 5.54. The van der Waals surface area contributed by atoms with Crippen LogP contribution in [0.2, 0.25) is 0 Å². The van der Waals surface area contributed by atoms with Gasteiger partial charge in [0.2, 0.25) is 5.91 Å². The number of likely N-dealkylation sites (tertiary alicyclic amines) is 1. The largest absolute Gasteiger partial charge is 0.479 e. The van der Waals surface area contributed by atoms with Gasteiger partial charge in [-0.1, -0.05) is 0 Å². The molecule has 8 heteroatoms. The van der Waals surface area contributed by atoms with E-state index in [0.717, 1.165) is 12.8 Å². The molecule has 0 radical (unpaired) electrons. The summed E-state index contributed by atoms with van der Waals surface area (Å²) >= 11 is 0. The number of hydrogen-bond acceptors (Lipinski definition) is 5. The average molecular weight is 312 g/mol. The van der Waals surface area contributed by atoms with Crippen LogP contribution in [0.3, 0.4) is 0 Å². The molecule has 2 saturated heterocycles. The summed E-state index contributed by atoms with van der Waals surface area (Å²) < 4.78 is 5.64. The van der Waals surface area contributed by atoms with Gasteiger partial charge in [-0.05, 0) is 32.1 Å². The molecule has 2 N–H and O–H groups in total. The van der Waals surface area contributed by atoms with Crippen molar-refractivity contribution in [3.63, 3.8) is 0 Å². The highest BCUT2D eigenvalue weighted by Crippen LogP contribution is 2.38. The van der Waals surface area contributed by atoms with Gasteiger partial charge < -0.3 is 19.8 Å². The van der Waals surface area contributed by atoms with Crippen molar-refractivity contribution < 1.29 is 29.3 Å². The average Bonchev–Trinajstić information content (AvgIpc) is 2.93. The number of amides is 1. The van der Waals surface area contributed by atoms with Crippen molar-refractivity contribution in [2.45, 2.75) is 43.7 Å². The molecule has 0 saturated carbocycles. The molecule has 0 aromatic rings. The molecule has 0 aliphatic carbocycles. The summed E-state index contributed by atoms with van der Waals surface area (Å²) in [6, 6.07) is 0. The predicted octanol–water partition coefficient (Wildman–Crippen LogP) is 0.157. The maximum Gasteiger partial charge on any atom is 0.346 e. The maximum absolute atomic E-state index is 12.3. The van der Waals surface area contributed by atoms with Gasteiger partial charge in [0.05, 0.1) is 6.10 Å². The lowest BCUT2D eigenvalue weighted by Crippen LogP contribution is -2.62. The first-order valence-corrected chi connectivity index (χ1v) is 7.36. The SMILES string of the molecule is O=C(O)C=NCC(=O)N1CCC[C@]1(C(=O)O)[C@H]1CCCCO1. The van der Waals surface area contributed by atoms with E-state index in [1.54, 1.807) is 0 Å². The first-order chi connectivity index (χ1) is 10.5. The number of aliphatic carboxylic acids is 2. The number of nitrogens with zero attached hydrogens (tertiary/aromatic N) is 2. The lowest BCUT2D eigenvalue weighted by molar-refractivity contribution is -0.170. The normalized spacial score (nSPS) is 28.9. The van der Waals surface area contributed by atoms with Crippen molar-refractivity contribution in [2.75, 3.05) is 19.7 Å². The number of carbonyl (C=O) groups excluding carboxylic acids is 1. The standard InChI is InChI=1S/C14H20N2O6/c17-11(8-15-9-12(18)19)16-6-3-5-14(16,13(20)21)10-4-1-2-7-22-10/h9-10H,1-8H2,(H,18,19)(H,20,21)/t10-,14-/m1/s1. The van der Waals surface area contributed by atoms with Crippen molar-refractivity contribution >= 4 is 24.1 Å². The number of carboxylic acids is 2. The number of aliphatic imine (C=N–C) groups is 1. The van der Waals surface area contributed by atoms with Crippen LogP contribution >= 0.6 is 0 Å². The number of carboxylic acid groups (broad SMARTS) is 2. The molecule has 2 heterocycles. The van der Waals surface area contributed by atoms with Gasteiger partial charge in [0, 0.05) is 13.2 Å². The van der Waals surface area contributed by atoms with Gasteiger partial charge in [0.25, 0.3) is 0 Å². The molecule has 0 aromatic carbocycles. The minimum atomic E-state index is -1.35. The zero-order chi connectivity index (χ0) is 16.2. The maximum atomic E-state index is 12.3. The zero-order valence-electron chi connectivity index (χ0n) is 12.2. The van der Waals surface area contributed by atoms with Gasteiger partial charge in [-0.15, -0.1) is 0 Å². The van der Waals surface area contributed by atoms with Crippen molar-refractivity contribution in [1.29, 1.82) is 0 Å². The molecule has 122 valence electrons. The van der Waals surface area contributed by atoms with Gasteiger partial charge in [-0.3, -0.25) is 9.79 Å². The smallest absolute Gasteiger partial charge is 0.346 e. The van der Waals surface area contributed by atoms with Crippen LogP contribution in [0.5, 0.6) is 0 Å². The Balaban J connectivity index is 2.18. The number of rotatable bonds is 5. The number of hydrogen-bond donors (Lipinski definition) is 2. The van der Waals surface area contributed by atoms with Crippen LogP contribution in [0.1, 0.15) is 32.1 Å². The van der Waals surface area contributed by atoms with Crippen LogP contribution in [-0.2, 0) is 19.1 Å². The molecule has 2 atom stereocenters. The summed E-state index contributed by atoms with van der Waals surface area (Å²) in [7, 11) is 0. The fourth-order valence-corrected chi connectivity index (χ4v) is 3.29. The van der Waals surface area contributed by atoms with Gasteiger partial charge in [0.15, 0.2) is 5.54 Å². The molecule has 2 aliphatic heterocycles. The van der Waals surface area contributed by atoms with Gasteiger partial charge in [-0.25, -0.2) is 9.59 Å². The minimum absolute atomic E-state index is 0.327. The van der Waals surface area contributed by atoms with Gasteiger partial charge in [-0.2, -0.15) is 0 Å². The summed E-state index contributed by atoms with van der Waals surface area (Å²) in [5.74, 6) is -2.78. The summed E-state index contributed by atoms with van der Waals surface area (Å²) in [5.41, 5.74) is -1.35. The monoisotopic (exact) mass is 312 g/mol. The topological polar surface area (TPSA) is 116 Å². The molecule has 2 fully saturated rings. The van der Waals surface area contributed by atoms with Crippen LogP contribution in [0.25, 0.3) is 0 Å². The Kier molecular flexibility index (Phi) is 5.12. The Morgan fingerprint density at radius 1 is 1.27 bits per heavy atom. The Morgan fingerprint density at radius 3 is 2.64 bits per heavy atom. The molecule has 1 amide bonds. The Hall–Kier alpha value is -1.96. The second kappa shape index (κ2) is 6.87. The summed E-state index contributed by atoms with van der Waals surface area (Å²) in [5, 5.41) is 18.2. The molecular weight excluding hydrogens is 292 g/mol. The van der Waals surface area contributed by atoms with Crippen molar-refractivity contribution in [2.24, 2.45) is 4.99 Å². The van der Waals surface area contributed by atoms with E-state index < -0.39 is 29.5 Å². The molecule has 2 rings (SSSR count). The first kappa shape index (κ1) is 16.4. The van der Waals surface area contributed by atoms with Crippen molar-refractivity contribution in [1.82, 2.24) is 4.90 Å². The van der Waals surface area contributed by atoms with E-state index in [4.69, 9.17) is 9.84 Å². The Labute approximate surface area is 127 Å². The molecular formula is C14H20N2O6. The summed E-state index contributed by atoms with van der Waals surface area (Å²) in [4.78, 5) is 39.4. The summed E-state index contributed by atoms with van der Waals surface area (Å²) in [6.45, 7) is 0.459. The second-order valence-electron chi connectivity index (χ2n) is 5.54. The predicted molar refractivity (Wildman–Crippen MR) is 75.9 cm³/mol. The van der Waals surface area contributed by atoms with E-state index in [2.05, 4.69) is 4.99 Å². The van der Waals surface area contributed by atoms with E-state index in [9.17, 15) is 19.5 Å². The summed E-state index contributed by atoms with van der Waals surface area (Å²) in [6.07, 6.45) is 3.43. The zero-order valence-corrected chi connectivity index (χ0v) is 12.2. The van der Waals surface area contributed by atoms with E-state index in [1.165, 1.54) is 4.90 Å². The Bertz CT molecular complexity index is 486. The molecule has 0 unspecified atom stereocenters. The third-order valence-corrected chi connectivity index (χ3v) is 4.23. The quantitative estimate of drug-likeness (QED) is 0.698. The number of carbonyl (C=O) groups is 3. The molecule has 22 heavy (non-hydrogen) atoms. The number of ether oxygens (including phenoxy) is 1. The lowest BCUT2D eigenvalue weighted by atomic mass is 9.85. The highest BCUT2D eigenvalue weighted by molar-refractivity contribution is 6.22. The minimum Gasteiger partial charge on any atom is -0.479 e. The van der Waals surface area contributed by atoms with Crippen LogP contribution in [0.4, 0.5) is 0 Å². The fourth-order valence-electron chi connectivity index (χ4n) is 3.29. The molecule has 2 aliphatic rings. The van der Waals surface area contributed by atoms with Crippen molar-refractivity contribution in [3.05, 3.63) is 0 Å². The molecule has 0 aromatic heterocycles. The van der Waals surface area contributed by atoms with E-state index in [0.29, 0.717) is 38.6 Å². The highest BCUT2D eigenvalue weighted by Gasteiger charge is 2.56.